The Balaban J connectivity index is 1.24. The first-order valence-corrected chi connectivity index (χ1v) is 11.4. The van der Waals surface area contributed by atoms with Crippen molar-refractivity contribution in [2.75, 3.05) is 32.7 Å². The molecule has 0 bridgehead atoms. The van der Waals surface area contributed by atoms with Crippen molar-refractivity contribution in [1.82, 2.24) is 15.1 Å². The van der Waals surface area contributed by atoms with E-state index in [1.807, 2.05) is 47.4 Å². The molecule has 0 saturated carbocycles. The van der Waals surface area contributed by atoms with Crippen LogP contribution in [-0.4, -0.2) is 54.3 Å². The van der Waals surface area contributed by atoms with Crippen LogP contribution in [0.3, 0.4) is 0 Å². The van der Waals surface area contributed by atoms with Crippen molar-refractivity contribution in [3.8, 4) is 0 Å². The third-order valence-electron chi connectivity index (χ3n) is 6.23. The van der Waals surface area contributed by atoms with Gasteiger partial charge in [-0.2, -0.15) is 0 Å². The first-order chi connectivity index (χ1) is 15.6. The summed E-state index contributed by atoms with van der Waals surface area (Å²) in [5.41, 5.74) is 3.29. The van der Waals surface area contributed by atoms with Gasteiger partial charge in [-0.3, -0.25) is 14.5 Å². The lowest BCUT2D eigenvalue weighted by molar-refractivity contribution is -0.130. The summed E-state index contributed by atoms with van der Waals surface area (Å²) in [7, 11) is 0. The van der Waals surface area contributed by atoms with Gasteiger partial charge in [-0.15, -0.1) is 0 Å². The maximum Gasteiger partial charge on any atom is 0.251 e. The van der Waals surface area contributed by atoms with Crippen molar-refractivity contribution in [3.05, 3.63) is 83.4 Å². The van der Waals surface area contributed by atoms with Crippen molar-refractivity contribution < 1.29 is 9.59 Å². The Morgan fingerprint density at radius 2 is 1.66 bits per heavy atom. The van der Waals surface area contributed by atoms with E-state index in [0.29, 0.717) is 18.5 Å². The lowest BCUT2D eigenvalue weighted by Crippen LogP contribution is -2.37. The molecule has 5 nitrogen and oxygen atoms in total. The summed E-state index contributed by atoms with van der Waals surface area (Å²) in [4.78, 5) is 29.6. The van der Waals surface area contributed by atoms with Gasteiger partial charge in [0.2, 0.25) is 5.91 Å². The topological polar surface area (TPSA) is 52.6 Å². The van der Waals surface area contributed by atoms with Crippen LogP contribution in [0.2, 0.25) is 0 Å². The highest BCUT2D eigenvalue weighted by atomic mass is 16.2. The molecule has 0 radical (unpaired) electrons. The van der Waals surface area contributed by atoms with Gasteiger partial charge >= 0.3 is 0 Å². The molecule has 3 aromatic rings. The van der Waals surface area contributed by atoms with E-state index in [1.54, 1.807) is 0 Å². The van der Waals surface area contributed by atoms with Gasteiger partial charge in [-0.1, -0.05) is 54.6 Å². The second-order valence-corrected chi connectivity index (χ2v) is 8.50. The van der Waals surface area contributed by atoms with E-state index in [0.717, 1.165) is 49.9 Å². The van der Waals surface area contributed by atoms with Crippen LogP contribution in [0, 0.1) is 6.92 Å². The standard InChI is InChI=1S/C27H31N3O2/c1-21-7-2-3-10-25(21)20-29-15-6-16-30(18-17-29)26(31)13-14-28-27(32)24-12-11-22-8-4-5-9-23(22)19-24/h2-5,7-12,19H,6,13-18,20H2,1H3,(H,28,32). The van der Waals surface area contributed by atoms with E-state index >= 15 is 0 Å². The van der Waals surface area contributed by atoms with Crippen molar-refractivity contribution in [1.29, 1.82) is 0 Å². The molecule has 0 spiro atoms. The van der Waals surface area contributed by atoms with Crippen LogP contribution in [0.5, 0.6) is 0 Å². The highest BCUT2D eigenvalue weighted by Crippen LogP contribution is 2.16. The molecule has 0 atom stereocenters. The molecule has 1 fully saturated rings. The zero-order valence-corrected chi connectivity index (χ0v) is 18.7. The Morgan fingerprint density at radius 3 is 2.50 bits per heavy atom. The summed E-state index contributed by atoms with van der Waals surface area (Å²) in [6, 6.07) is 22.1. The highest BCUT2D eigenvalue weighted by Gasteiger charge is 2.19. The summed E-state index contributed by atoms with van der Waals surface area (Å²) in [6.07, 6.45) is 1.30. The number of benzene rings is 3. The molecule has 1 aliphatic rings. The lowest BCUT2D eigenvalue weighted by Gasteiger charge is -2.22. The van der Waals surface area contributed by atoms with Crippen molar-refractivity contribution in [3.63, 3.8) is 0 Å². The van der Waals surface area contributed by atoms with Crippen LogP contribution < -0.4 is 5.32 Å². The summed E-state index contributed by atoms with van der Waals surface area (Å²) in [5.74, 6) is -0.0228. The largest absolute Gasteiger partial charge is 0.352 e. The fraction of sp³-hybridized carbons (Fsp3) is 0.333. The van der Waals surface area contributed by atoms with Crippen molar-refractivity contribution in [2.45, 2.75) is 26.3 Å². The normalized spacial score (nSPS) is 14.8. The lowest BCUT2D eigenvalue weighted by atomic mass is 10.1. The number of carbonyl (C=O) groups is 2. The zero-order chi connectivity index (χ0) is 22.3. The van der Waals surface area contributed by atoms with E-state index < -0.39 is 0 Å². The Hall–Kier alpha value is -3.18. The molecule has 166 valence electrons. The van der Waals surface area contributed by atoms with Gasteiger partial charge in [-0.25, -0.2) is 0 Å². The maximum atomic E-state index is 12.7. The number of rotatable bonds is 6. The molecule has 1 heterocycles. The number of nitrogens with one attached hydrogen (secondary N) is 1. The molecule has 0 aromatic heterocycles. The van der Waals surface area contributed by atoms with Gasteiger partial charge in [0.15, 0.2) is 0 Å². The van der Waals surface area contributed by atoms with Crippen LogP contribution in [0.15, 0.2) is 66.7 Å². The highest BCUT2D eigenvalue weighted by molar-refractivity contribution is 5.98. The molecule has 1 saturated heterocycles. The van der Waals surface area contributed by atoms with Crippen molar-refractivity contribution >= 4 is 22.6 Å². The molecule has 1 aliphatic heterocycles. The first kappa shape index (κ1) is 22.0. The molecule has 0 unspecified atom stereocenters. The first-order valence-electron chi connectivity index (χ1n) is 11.4. The number of aryl methyl sites for hydroxylation is 1. The second-order valence-electron chi connectivity index (χ2n) is 8.50. The molecule has 0 aliphatic carbocycles. The number of hydrogen-bond acceptors (Lipinski definition) is 3. The minimum absolute atomic E-state index is 0.113. The van der Waals surface area contributed by atoms with Crippen LogP contribution in [0.4, 0.5) is 0 Å². The average molecular weight is 430 g/mol. The zero-order valence-electron chi connectivity index (χ0n) is 18.7. The van der Waals surface area contributed by atoms with E-state index in [-0.39, 0.29) is 11.8 Å². The van der Waals surface area contributed by atoms with Gasteiger partial charge in [0.1, 0.15) is 0 Å². The monoisotopic (exact) mass is 429 g/mol. The molecule has 3 aromatic carbocycles. The number of fused-ring (bicyclic) bond motifs is 1. The molecule has 5 heteroatoms. The Bertz CT molecular complexity index is 1090. The van der Waals surface area contributed by atoms with Crippen LogP contribution in [0.1, 0.15) is 34.3 Å². The molecule has 32 heavy (non-hydrogen) atoms. The van der Waals surface area contributed by atoms with E-state index in [9.17, 15) is 9.59 Å². The number of nitrogens with zero attached hydrogens (tertiary/aromatic N) is 2. The predicted molar refractivity (Wildman–Crippen MR) is 129 cm³/mol. The molecule has 4 rings (SSSR count). The van der Waals surface area contributed by atoms with Gasteiger partial charge in [-0.05, 0) is 47.4 Å². The predicted octanol–water partition coefficient (Wildman–Crippen LogP) is 4.00. The van der Waals surface area contributed by atoms with Gasteiger partial charge < -0.3 is 10.2 Å². The van der Waals surface area contributed by atoms with E-state index in [1.165, 1.54) is 11.1 Å². The minimum atomic E-state index is -0.135. The summed E-state index contributed by atoms with van der Waals surface area (Å²) < 4.78 is 0. The number of amides is 2. The quantitative estimate of drug-likeness (QED) is 0.644. The number of carbonyl (C=O) groups excluding carboxylic acids is 2. The van der Waals surface area contributed by atoms with Crippen LogP contribution in [0.25, 0.3) is 10.8 Å². The van der Waals surface area contributed by atoms with Crippen LogP contribution in [-0.2, 0) is 11.3 Å². The average Bonchev–Trinajstić information content (AvgIpc) is 3.06. The fourth-order valence-corrected chi connectivity index (χ4v) is 4.28. The molecular weight excluding hydrogens is 398 g/mol. The van der Waals surface area contributed by atoms with Gasteiger partial charge in [0.05, 0.1) is 0 Å². The summed E-state index contributed by atoms with van der Waals surface area (Å²) >= 11 is 0. The summed E-state index contributed by atoms with van der Waals surface area (Å²) in [6.45, 7) is 6.82. The molecule has 2 amide bonds. The smallest absolute Gasteiger partial charge is 0.251 e. The third kappa shape index (κ3) is 5.54. The maximum absolute atomic E-state index is 12.7. The van der Waals surface area contributed by atoms with E-state index in [4.69, 9.17) is 0 Å². The van der Waals surface area contributed by atoms with Gasteiger partial charge in [0, 0.05) is 51.3 Å². The summed E-state index contributed by atoms with van der Waals surface area (Å²) in [5, 5.41) is 5.05. The van der Waals surface area contributed by atoms with Crippen LogP contribution >= 0.6 is 0 Å². The number of hydrogen-bond donors (Lipinski definition) is 1. The van der Waals surface area contributed by atoms with E-state index in [2.05, 4.69) is 41.4 Å². The third-order valence-corrected chi connectivity index (χ3v) is 6.23. The fourth-order valence-electron chi connectivity index (χ4n) is 4.28. The Morgan fingerprint density at radius 1 is 0.875 bits per heavy atom. The second kappa shape index (κ2) is 10.4. The molecule has 1 N–H and O–H groups in total. The Kier molecular flexibility index (Phi) is 7.17. The Labute approximate surface area is 190 Å². The molecular formula is C27H31N3O2. The SMILES string of the molecule is Cc1ccccc1CN1CCCN(C(=O)CCNC(=O)c2ccc3ccccc3c2)CC1. The van der Waals surface area contributed by atoms with Gasteiger partial charge in [0.25, 0.3) is 5.91 Å². The van der Waals surface area contributed by atoms with Crippen molar-refractivity contribution in [2.24, 2.45) is 0 Å². The minimum Gasteiger partial charge on any atom is -0.352 e.